The van der Waals surface area contributed by atoms with Crippen LogP contribution in [0.25, 0.3) is 6.08 Å². The molecule has 1 heterocycles. The number of hydrogen-bond donors (Lipinski definition) is 1. The highest BCUT2D eigenvalue weighted by Gasteiger charge is 2.34. The Morgan fingerprint density at radius 3 is 2.51 bits per heavy atom. The van der Waals surface area contributed by atoms with Crippen molar-refractivity contribution < 1.29 is 23.8 Å². The van der Waals surface area contributed by atoms with Crippen LogP contribution in [0.1, 0.15) is 28.4 Å². The quantitative estimate of drug-likeness (QED) is 0.190. The fourth-order valence-electron chi connectivity index (χ4n) is 3.48. The summed E-state index contributed by atoms with van der Waals surface area (Å²) in [4.78, 5) is 26.1. The highest BCUT2D eigenvalue weighted by Crippen LogP contribution is 2.40. The van der Waals surface area contributed by atoms with Crippen molar-refractivity contribution in [1.82, 2.24) is 10.4 Å². The van der Waals surface area contributed by atoms with Crippen LogP contribution in [0, 0.1) is 0 Å². The molecule has 0 bridgehead atoms. The monoisotopic (exact) mass is 666 g/mol. The zero-order chi connectivity index (χ0) is 28.1. The standard InChI is InChI=1S/C27H21BrCl2N2O5S2/c1-3-36-22-12-16(10-19(28)24(22)37-14-15-4-9-20(29)21(30)11-15)13-23-26(34)32(27(38)39-23)31-25(33)17-5-7-18(35-2)8-6-17/h4-13H,3,14H2,1-2H3,(H,31,33)/b23-13+. The van der Waals surface area contributed by atoms with E-state index < -0.39 is 11.8 Å². The molecule has 3 aromatic rings. The van der Waals surface area contributed by atoms with E-state index in [1.54, 1.807) is 54.6 Å². The van der Waals surface area contributed by atoms with Crippen molar-refractivity contribution in [1.29, 1.82) is 0 Å². The van der Waals surface area contributed by atoms with Crippen molar-refractivity contribution in [2.45, 2.75) is 13.5 Å². The number of benzene rings is 3. The Morgan fingerprint density at radius 1 is 1.10 bits per heavy atom. The number of methoxy groups -OCH3 is 1. The third-order valence-corrected chi connectivity index (χ3v) is 7.99. The number of halogens is 3. The molecule has 1 aliphatic heterocycles. The van der Waals surface area contributed by atoms with Gasteiger partial charge in [-0.3, -0.25) is 15.0 Å². The number of carbonyl (C=O) groups excluding carboxylic acids is 2. The maximum Gasteiger partial charge on any atom is 0.285 e. The number of ether oxygens (including phenoxy) is 3. The number of amides is 2. The molecule has 202 valence electrons. The Labute approximate surface area is 253 Å². The number of nitrogens with one attached hydrogen (secondary N) is 1. The zero-order valence-corrected chi connectivity index (χ0v) is 25.4. The Kier molecular flexibility index (Phi) is 9.79. The summed E-state index contributed by atoms with van der Waals surface area (Å²) in [6.07, 6.45) is 1.68. The molecule has 4 rings (SSSR count). The van der Waals surface area contributed by atoms with E-state index in [2.05, 4.69) is 21.4 Å². The summed E-state index contributed by atoms with van der Waals surface area (Å²) in [5.74, 6) is 0.685. The first kappa shape index (κ1) is 29.2. The first-order valence-corrected chi connectivity index (χ1v) is 14.2. The molecule has 3 aromatic carbocycles. The molecule has 0 spiro atoms. The van der Waals surface area contributed by atoms with Crippen molar-refractivity contribution in [3.63, 3.8) is 0 Å². The van der Waals surface area contributed by atoms with Gasteiger partial charge in [-0.15, -0.1) is 0 Å². The predicted molar refractivity (Wildman–Crippen MR) is 162 cm³/mol. The molecule has 1 fully saturated rings. The summed E-state index contributed by atoms with van der Waals surface area (Å²) < 4.78 is 17.8. The smallest absolute Gasteiger partial charge is 0.285 e. The molecule has 12 heteroatoms. The second-order valence-electron chi connectivity index (χ2n) is 7.99. The second-order valence-corrected chi connectivity index (χ2v) is 11.3. The molecule has 0 saturated carbocycles. The van der Waals surface area contributed by atoms with E-state index in [0.29, 0.717) is 54.4 Å². The van der Waals surface area contributed by atoms with Crippen LogP contribution in [-0.2, 0) is 11.4 Å². The number of thioether (sulfide) groups is 1. The van der Waals surface area contributed by atoms with Gasteiger partial charge in [-0.1, -0.05) is 41.0 Å². The van der Waals surface area contributed by atoms with Crippen molar-refractivity contribution in [3.05, 3.63) is 90.7 Å². The Morgan fingerprint density at radius 2 is 1.85 bits per heavy atom. The van der Waals surface area contributed by atoms with Crippen LogP contribution in [0.5, 0.6) is 17.2 Å². The minimum Gasteiger partial charge on any atom is -0.497 e. The molecular weight excluding hydrogens is 647 g/mol. The molecule has 0 aromatic heterocycles. The average Bonchev–Trinajstić information content (AvgIpc) is 3.17. The number of hydrogen-bond acceptors (Lipinski definition) is 7. The van der Waals surface area contributed by atoms with Crippen molar-refractivity contribution >= 4 is 85.3 Å². The van der Waals surface area contributed by atoms with Gasteiger partial charge in [0.05, 0.1) is 33.1 Å². The maximum atomic E-state index is 13.1. The summed E-state index contributed by atoms with van der Waals surface area (Å²) in [6.45, 7) is 2.50. The molecule has 7 nitrogen and oxygen atoms in total. The van der Waals surface area contributed by atoms with Crippen molar-refractivity contribution in [2.75, 3.05) is 13.7 Å². The summed E-state index contributed by atoms with van der Waals surface area (Å²) in [5.41, 5.74) is 4.44. The third kappa shape index (κ3) is 7.06. The average molecular weight is 668 g/mol. The first-order valence-electron chi connectivity index (χ1n) is 11.5. The van der Waals surface area contributed by atoms with Crippen LogP contribution in [0.3, 0.4) is 0 Å². The maximum absolute atomic E-state index is 13.1. The summed E-state index contributed by atoms with van der Waals surface area (Å²) in [6, 6.07) is 15.3. The van der Waals surface area contributed by atoms with Gasteiger partial charge in [0.15, 0.2) is 15.8 Å². The number of nitrogens with zero attached hydrogens (tertiary/aromatic N) is 1. The van der Waals surface area contributed by atoms with Crippen LogP contribution in [0.4, 0.5) is 0 Å². The van der Waals surface area contributed by atoms with Gasteiger partial charge in [-0.25, -0.2) is 0 Å². The number of hydrazine groups is 1. The van der Waals surface area contributed by atoms with Gasteiger partial charge in [0, 0.05) is 5.56 Å². The molecule has 0 atom stereocenters. The molecule has 39 heavy (non-hydrogen) atoms. The molecule has 1 saturated heterocycles. The van der Waals surface area contributed by atoms with E-state index in [4.69, 9.17) is 49.6 Å². The topological polar surface area (TPSA) is 77.1 Å². The molecule has 0 unspecified atom stereocenters. The Bertz CT molecular complexity index is 1470. The lowest BCUT2D eigenvalue weighted by Crippen LogP contribution is -2.44. The fourth-order valence-corrected chi connectivity index (χ4v) is 5.56. The SMILES string of the molecule is CCOc1cc(/C=C2/SC(=S)N(NC(=O)c3ccc(OC)cc3)C2=O)cc(Br)c1OCc1ccc(Cl)c(Cl)c1. The molecule has 0 aliphatic carbocycles. The normalized spacial score (nSPS) is 14.1. The van der Waals surface area contributed by atoms with Gasteiger partial charge in [-0.2, -0.15) is 5.01 Å². The lowest BCUT2D eigenvalue weighted by atomic mass is 10.1. The molecular formula is C27H21BrCl2N2O5S2. The third-order valence-electron chi connectivity index (χ3n) is 5.36. The van der Waals surface area contributed by atoms with E-state index in [-0.39, 0.29) is 10.9 Å². The number of rotatable bonds is 9. The van der Waals surface area contributed by atoms with Crippen LogP contribution < -0.4 is 19.6 Å². The van der Waals surface area contributed by atoms with Crippen LogP contribution in [-0.4, -0.2) is 34.9 Å². The van der Waals surface area contributed by atoms with Gasteiger partial charge < -0.3 is 14.2 Å². The molecule has 1 aliphatic rings. The molecule has 1 N–H and O–H groups in total. The van der Waals surface area contributed by atoms with Crippen LogP contribution in [0.2, 0.25) is 10.0 Å². The second kappa shape index (κ2) is 13.1. The summed E-state index contributed by atoms with van der Waals surface area (Å²) >= 11 is 22.1. The number of thiocarbonyl (C=S) groups is 1. The van der Waals surface area contributed by atoms with Crippen molar-refractivity contribution in [2.24, 2.45) is 0 Å². The minimum atomic E-state index is -0.472. The number of carbonyl (C=O) groups is 2. The fraction of sp³-hybridized carbons (Fsp3) is 0.148. The zero-order valence-electron chi connectivity index (χ0n) is 20.6. The van der Waals surface area contributed by atoms with Gasteiger partial charge in [-0.05, 0) is 101 Å². The Hall–Kier alpha value is -2.76. The highest BCUT2D eigenvalue weighted by atomic mass is 79.9. The first-order chi connectivity index (χ1) is 18.7. The van der Waals surface area contributed by atoms with Crippen molar-refractivity contribution in [3.8, 4) is 17.2 Å². The lowest BCUT2D eigenvalue weighted by Gasteiger charge is -2.16. The van der Waals surface area contributed by atoms with E-state index in [1.165, 1.54) is 7.11 Å². The molecule has 2 amide bonds. The minimum absolute atomic E-state index is 0.207. The van der Waals surface area contributed by atoms with E-state index in [1.807, 2.05) is 13.0 Å². The Balaban J connectivity index is 1.51. The molecule has 0 radical (unpaired) electrons. The van der Waals surface area contributed by atoms with Gasteiger partial charge in [0.25, 0.3) is 11.8 Å². The predicted octanol–water partition coefficient (Wildman–Crippen LogP) is 7.29. The van der Waals surface area contributed by atoms with Gasteiger partial charge in [0.1, 0.15) is 12.4 Å². The van der Waals surface area contributed by atoms with E-state index in [9.17, 15) is 9.59 Å². The summed E-state index contributed by atoms with van der Waals surface area (Å²) in [7, 11) is 1.54. The van der Waals surface area contributed by atoms with Crippen LogP contribution in [0.15, 0.2) is 64.0 Å². The lowest BCUT2D eigenvalue weighted by molar-refractivity contribution is -0.123. The van der Waals surface area contributed by atoms with E-state index >= 15 is 0 Å². The van der Waals surface area contributed by atoms with Crippen LogP contribution >= 0.6 is 63.1 Å². The van der Waals surface area contributed by atoms with Gasteiger partial charge in [0.2, 0.25) is 0 Å². The highest BCUT2D eigenvalue weighted by molar-refractivity contribution is 9.10. The van der Waals surface area contributed by atoms with Gasteiger partial charge >= 0.3 is 0 Å². The largest absolute Gasteiger partial charge is 0.497 e. The van der Waals surface area contributed by atoms with E-state index in [0.717, 1.165) is 22.3 Å². The summed E-state index contributed by atoms with van der Waals surface area (Å²) in [5, 5.41) is 1.97.